The van der Waals surface area contributed by atoms with Crippen LogP contribution in [0.5, 0.6) is 0 Å². The van der Waals surface area contributed by atoms with Gasteiger partial charge in [0.25, 0.3) is 0 Å². The Morgan fingerprint density at radius 3 is 2.52 bits per heavy atom. The quantitative estimate of drug-likeness (QED) is 0.874. The molecule has 0 radical (unpaired) electrons. The Hall–Kier alpha value is -1.82. The summed E-state index contributed by atoms with van der Waals surface area (Å²) in [6.07, 6.45) is 2.02. The Morgan fingerprint density at radius 2 is 2.00 bits per heavy atom. The van der Waals surface area contributed by atoms with Crippen molar-refractivity contribution in [1.29, 1.82) is 0 Å². The SMILES string of the molecule is CSc1ccc(-c2noc(C3C(C(=O)O)C3(C)C)n2)cc1. The highest BCUT2D eigenvalue weighted by atomic mass is 32.2. The van der Waals surface area contributed by atoms with Crippen molar-refractivity contribution in [2.24, 2.45) is 11.3 Å². The molecule has 1 fully saturated rings. The van der Waals surface area contributed by atoms with E-state index in [2.05, 4.69) is 10.1 Å². The van der Waals surface area contributed by atoms with Gasteiger partial charge >= 0.3 is 5.97 Å². The first-order chi connectivity index (χ1) is 9.95. The fourth-order valence-corrected chi connectivity index (χ4v) is 3.19. The lowest BCUT2D eigenvalue weighted by Gasteiger charge is -1.97. The van der Waals surface area contributed by atoms with Crippen molar-refractivity contribution in [3.63, 3.8) is 0 Å². The topological polar surface area (TPSA) is 76.2 Å². The zero-order valence-corrected chi connectivity index (χ0v) is 12.8. The van der Waals surface area contributed by atoms with Crippen molar-refractivity contribution in [3.05, 3.63) is 30.2 Å². The summed E-state index contributed by atoms with van der Waals surface area (Å²) >= 11 is 1.67. The smallest absolute Gasteiger partial charge is 0.307 e. The lowest BCUT2D eigenvalue weighted by atomic mass is 10.1. The van der Waals surface area contributed by atoms with Gasteiger partial charge in [0.15, 0.2) is 0 Å². The van der Waals surface area contributed by atoms with Gasteiger partial charge < -0.3 is 9.63 Å². The molecule has 5 nitrogen and oxygen atoms in total. The van der Waals surface area contributed by atoms with Gasteiger partial charge in [0.05, 0.1) is 11.8 Å². The van der Waals surface area contributed by atoms with Crippen molar-refractivity contribution >= 4 is 17.7 Å². The molecule has 1 saturated carbocycles. The molecule has 1 aromatic heterocycles. The Balaban J connectivity index is 1.85. The zero-order valence-electron chi connectivity index (χ0n) is 12.0. The van der Waals surface area contributed by atoms with E-state index in [1.807, 2.05) is 44.4 Å². The fraction of sp³-hybridized carbons (Fsp3) is 0.400. The summed E-state index contributed by atoms with van der Waals surface area (Å²) in [5.41, 5.74) is 0.534. The van der Waals surface area contributed by atoms with E-state index in [4.69, 9.17) is 4.52 Å². The molecule has 1 heterocycles. The number of aromatic nitrogens is 2. The Morgan fingerprint density at radius 1 is 1.33 bits per heavy atom. The Bertz CT molecular complexity index is 678. The third-order valence-corrected chi connectivity index (χ3v) is 4.89. The monoisotopic (exact) mass is 304 g/mol. The molecular weight excluding hydrogens is 288 g/mol. The second kappa shape index (κ2) is 4.87. The molecule has 0 spiro atoms. The third-order valence-electron chi connectivity index (χ3n) is 4.15. The van der Waals surface area contributed by atoms with Crippen LogP contribution in [-0.4, -0.2) is 27.5 Å². The molecule has 0 saturated heterocycles. The maximum Gasteiger partial charge on any atom is 0.307 e. The second-order valence-corrected chi connectivity index (χ2v) is 6.68. The molecule has 2 atom stereocenters. The number of nitrogens with zero attached hydrogens (tertiary/aromatic N) is 2. The minimum absolute atomic E-state index is 0.207. The van der Waals surface area contributed by atoms with Gasteiger partial charge in [-0.25, -0.2) is 0 Å². The van der Waals surface area contributed by atoms with Gasteiger partial charge in [-0.2, -0.15) is 4.98 Å². The van der Waals surface area contributed by atoms with Crippen molar-refractivity contribution in [2.75, 3.05) is 6.26 Å². The summed E-state index contributed by atoms with van der Waals surface area (Å²) in [7, 11) is 0. The van der Waals surface area contributed by atoms with Crippen LogP contribution < -0.4 is 0 Å². The summed E-state index contributed by atoms with van der Waals surface area (Å²) in [6.45, 7) is 3.82. The standard InChI is InChI=1S/C15H16N2O3S/c1-15(2)10(11(15)14(18)19)13-16-12(17-20-13)8-4-6-9(21-3)7-5-8/h4-7,10-11H,1-3H3,(H,18,19). The van der Waals surface area contributed by atoms with Gasteiger partial charge in [-0.1, -0.05) is 19.0 Å². The van der Waals surface area contributed by atoms with Gasteiger partial charge in [0, 0.05) is 10.5 Å². The molecule has 0 bridgehead atoms. The number of carboxylic acids is 1. The fourth-order valence-electron chi connectivity index (χ4n) is 2.78. The van der Waals surface area contributed by atoms with Crippen LogP contribution in [0.3, 0.4) is 0 Å². The molecule has 0 aliphatic heterocycles. The van der Waals surface area contributed by atoms with E-state index in [0.29, 0.717) is 11.7 Å². The van der Waals surface area contributed by atoms with Crippen LogP contribution in [0.4, 0.5) is 0 Å². The summed E-state index contributed by atoms with van der Waals surface area (Å²) < 4.78 is 5.29. The lowest BCUT2D eigenvalue weighted by Crippen LogP contribution is -2.03. The van der Waals surface area contributed by atoms with Crippen LogP contribution in [0.1, 0.15) is 25.7 Å². The van der Waals surface area contributed by atoms with Crippen molar-refractivity contribution in [1.82, 2.24) is 10.1 Å². The third kappa shape index (κ3) is 2.33. The lowest BCUT2D eigenvalue weighted by molar-refractivity contribution is -0.139. The molecule has 6 heteroatoms. The van der Waals surface area contributed by atoms with Crippen LogP contribution >= 0.6 is 11.8 Å². The van der Waals surface area contributed by atoms with Crippen LogP contribution in [0.2, 0.25) is 0 Å². The van der Waals surface area contributed by atoms with Gasteiger partial charge in [0.1, 0.15) is 0 Å². The van der Waals surface area contributed by atoms with Crippen molar-refractivity contribution < 1.29 is 14.4 Å². The Kier molecular flexibility index (Phi) is 3.28. The summed E-state index contributed by atoms with van der Waals surface area (Å²) in [4.78, 5) is 16.8. The van der Waals surface area contributed by atoms with Crippen LogP contribution in [-0.2, 0) is 4.79 Å². The normalized spacial score (nSPS) is 23.0. The minimum atomic E-state index is -0.811. The number of thioether (sulfide) groups is 1. The van der Waals surface area contributed by atoms with E-state index in [9.17, 15) is 9.90 Å². The number of hydrogen-bond donors (Lipinski definition) is 1. The van der Waals surface area contributed by atoms with Gasteiger partial charge in [-0.15, -0.1) is 11.8 Å². The highest BCUT2D eigenvalue weighted by Gasteiger charge is 2.65. The first kappa shape index (κ1) is 14.1. The molecule has 1 N–H and O–H groups in total. The van der Waals surface area contributed by atoms with Crippen molar-refractivity contribution in [3.8, 4) is 11.4 Å². The molecule has 1 aliphatic rings. The average Bonchev–Trinajstić information content (AvgIpc) is 2.84. The molecule has 3 rings (SSSR count). The van der Waals surface area contributed by atoms with Crippen LogP contribution in [0.25, 0.3) is 11.4 Å². The van der Waals surface area contributed by atoms with Crippen molar-refractivity contribution in [2.45, 2.75) is 24.7 Å². The minimum Gasteiger partial charge on any atom is -0.481 e. The predicted octanol–water partition coefficient (Wildman–Crippen LogP) is 3.28. The van der Waals surface area contributed by atoms with Gasteiger partial charge in [0.2, 0.25) is 11.7 Å². The summed E-state index contributed by atoms with van der Waals surface area (Å²) in [5.74, 6) is -0.554. The molecule has 1 aromatic carbocycles. The maximum atomic E-state index is 11.2. The molecule has 2 unspecified atom stereocenters. The molecule has 2 aromatic rings. The van der Waals surface area contributed by atoms with Crippen LogP contribution in [0.15, 0.2) is 33.7 Å². The first-order valence-electron chi connectivity index (χ1n) is 6.66. The average molecular weight is 304 g/mol. The number of hydrogen-bond acceptors (Lipinski definition) is 5. The highest BCUT2D eigenvalue weighted by molar-refractivity contribution is 7.98. The number of carboxylic acid groups (broad SMARTS) is 1. The van der Waals surface area contributed by atoms with E-state index < -0.39 is 11.9 Å². The predicted molar refractivity (Wildman–Crippen MR) is 79.2 cm³/mol. The first-order valence-corrected chi connectivity index (χ1v) is 7.88. The molecule has 21 heavy (non-hydrogen) atoms. The van der Waals surface area contributed by atoms with E-state index in [0.717, 1.165) is 10.5 Å². The van der Waals surface area contributed by atoms with Gasteiger partial charge in [-0.05, 0) is 35.9 Å². The largest absolute Gasteiger partial charge is 0.481 e. The van der Waals surface area contributed by atoms with E-state index in [-0.39, 0.29) is 11.3 Å². The molecular formula is C15H16N2O3S. The summed E-state index contributed by atoms with van der Waals surface area (Å²) in [5, 5.41) is 13.2. The number of carbonyl (C=O) groups is 1. The summed E-state index contributed by atoms with van der Waals surface area (Å²) in [6, 6.07) is 7.87. The van der Waals surface area contributed by atoms with Gasteiger partial charge in [-0.3, -0.25) is 4.79 Å². The van der Waals surface area contributed by atoms with E-state index in [1.165, 1.54) is 0 Å². The van der Waals surface area contributed by atoms with E-state index in [1.54, 1.807) is 11.8 Å². The highest BCUT2D eigenvalue weighted by Crippen LogP contribution is 2.64. The van der Waals surface area contributed by atoms with Crippen LogP contribution in [0, 0.1) is 11.3 Å². The second-order valence-electron chi connectivity index (χ2n) is 5.80. The Labute approximate surface area is 126 Å². The number of benzene rings is 1. The number of rotatable bonds is 4. The maximum absolute atomic E-state index is 11.2. The molecule has 110 valence electrons. The zero-order chi connectivity index (χ0) is 15.2. The molecule has 1 aliphatic carbocycles. The molecule has 0 amide bonds. The number of aliphatic carboxylic acids is 1. The van der Waals surface area contributed by atoms with E-state index >= 15 is 0 Å².